The van der Waals surface area contributed by atoms with Crippen LogP contribution in [-0.2, 0) is 13.0 Å². The Kier molecular flexibility index (Phi) is 4.24. The molecule has 152 valence electrons. The van der Waals surface area contributed by atoms with Crippen LogP contribution in [0.4, 0.5) is 5.82 Å². The van der Waals surface area contributed by atoms with Crippen molar-refractivity contribution in [2.75, 3.05) is 44.2 Å². The lowest BCUT2D eigenvalue weighted by atomic mass is 9.95. The second-order valence-electron chi connectivity index (χ2n) is 9.43. The van der Waals surface area contributed by atoms with Crippen LogP contribution < -0.4 is 20.3 Å². The van der Waals surface area contributed by atoms with Crippen molar-refractivity contribution in [3.05, 3.63) is 11.3 Å². The van der Waals surface area contributed by atoms with Crippen molar-refractivity contribution >= 4 is 5.82 Å². The van der Waals surface area contributed by atoms with E-state index in [-0.39, 0.29) is 5.54 Å². The minimum atomic E-state index is 0.242. The predicted molar refractivity (Wildman–Crippen MR) is 108 cm³/mol. The topological polar surface area (TPSA) is 65.5 Å². The van der Waals surface area contributed by atoms with E-state index in [1.807, 2.05) is 0 Å². The minimum absolute atomic E-state index is 0.242. The lowest BCUT2D eigenvalue weighted by molar-refractivity contribution is 0.107. The number of nitrogens with zero attached hydrogens (tertiary/aromatic N) is 4. The first-order chi connectivity index (χ1) is 13.8. The van der Waals surface area contributed by atoms with Crippen LogP contribution in [0.25, 0.3) is 0 Å². The molecule has 2 unspecified atom stereocenters. The van der Waals surface area contributed by atoms with E-state index in [9.17, 15) is 0 Å². The molecule has 0 aromatic carbocycles. The first-order valence-electron chi connectivity index (χ1n) is 11.3. The summed E-state index contributed by atoms with van der Waals surface area (Å²) >= 11 is 0. The Morgan fingerprint density at radius 2 is 1.86 bits per heavy atom. The van der Waals surface area contributed by atoms with Crippen LogP contribution in [0.1, 0.15) is 49.8 Å². The molecule has 1 aromatic rings. The number of ether oxygens (including phenoxy) is 1. The molecule has 7 heteroatoms. The van der Waals surface area contributed by atoms with Crippen molar-refractivity contribution in [1.82, 2.24) is 25.5 Å². The molecule has 2 N–H and O–H groups in total. The predicted octanol–water partition coefficient (Wildman–Crippen LogP) is 1.07. The van der Waals surface area contributed by atoms with Crippen molar-refractivity contribution in [3.8, 4) is 6.01 Å². The van der Waals surface area contributed by atoms with Crippen molar-refractivity contribution in [3.63, 3.8) is 0 Å². The van der Waals surface area contributed by atoms with Gasteiger partial charge in [0.2, 0.25) is 0 Å². The van der Waals surface area contributed by atoms with Crippen LogP contribution >= 0.6 is 0 Å². The Balaban J connectivity index is 1.28. The number of nitrogens with one attached hydrogen (secondary N) is 2. The van der Waals surface area contributed by atoms with Gasteiger partial charge in [-0.3, -0.25) is 4.90 Å². The fourth-order valence-corrected chi connectivity index (χ4v) is 6.27. The first kappa shape index (κ1) is 17.4. The summed E-state index contributed by atoms with van der Waals surface area (Å²) in [6.45, 7) is 7.17. The minimum Gasteiger partial charge on any atom is -0.461 e. The van der Waals surface area contributed by atoms with Crippen LogP contribution in [0.3, 0.4) is 0 Å². The molecule has 6 heterocycles. The second kappa shape index (κ2) is 6.82. The maximum absolute atomic E-state index is 6.33. The average Bonchev–Trinajstić information content (AvgIpc) is 3.39. The highest BCUT2D eigenvalue weighted by atomic mass is 16.5. The molecule has 4 saturated heterocycles. The molecule has 4 fully saturated rings. The van der Waals surface area contributed by atoms with Gasteiger partial charge in [0.05, 0.1) is 11.2 Å². The third-order valence-electron chi connectivity index (χ3n) is 7.69. The van der Waals surface area contributed by atoms with E-state index in [1.165, 1.54) is 57.2 Å². The first-order valence-corrected chi connectivity index (χ1v) is 11.3. The molecule has 1 aromatic heterocycles. The maximum Gasteiger partial charge on any atom is 0.318 e. The number of fused-ring (bicyclic) bond motifs is 4. The highest BCUT2D eigenvalue weighted by Crippen LogP contribution is 2.39. The molecule has 28 heavy (non-hydrogen) atoms. The Morgan fingerprint density at radius 3 is 2.64 bits per heavy atom. The Labute approximate surface area is 167 Å². The third kappa shape index (κ3) is 2.90. The standard InChI is InChI=1S/C21H32N6O/c1-6-21(7-2-10-27(21)9-1)14-28-20-24-18-11-22-8-5-17(18)19(25-20)26-12-15-3-4-16(13-26)23-15/h15-16,22-23H,1-14H2. The van der Waals surface area contributed by atoms with Crippen molar-refractivity contribution in [1.29, 1.82) is 0 Å². The molecule has 2 bridgehead atoms. The molecule has 7 nitrogen and oxygen atoms in total. The number of rotatable bonds is 4. The molecule has 5 aliphatic rings. The fourth-order valence-electron chi connectivity index (χ4n) is 6.27. The molecule has 6 rings (SSSR count). The van der Waals surface area contributed by atoms with E-state index in [0.29, 0.717) is 18.1 Å². The van der Waals surface area contributed by atoms with E-state index in [4.69, 9.17) is 14.7 Å². The van der Waals surface area contributed by atoms with Crippen LogP contribution in [0.2, 0.25) is 0 Å². The summed E-state index contributed by atoms with van der Waals surface area (Å²) in [4.78, 5) is 15.0. The molecule has 0 aliphatic carbocycles. The van der Waals surface area contributed by atoms with E-state index in [0.717, 1.165) is 50.7 Å². The second-order valence-corrected chi connectivity index (χ2v) is 9.43. The van der Waals surface area contributed by atoms with E-state index in [1.54, 1.807) is 0 Å². The molecule has 0 radical (unpaired) electrons. The Hall–Kier alpha value is -1.44. The average molecular weight is 385 g/mol. The zero-order valence-corrected chi connectivity index (χ0v) is 16.8. The van der Waals surface area contributed by atoms with Gasteiger partial charge in [-0.15, -0.1) is 0 Å². The van der Waals surface area contributed by atoms with Crippen LogP contribution in [0.5, 0.6) is 6.01 Å². The van der Waals surface area contributed by atoms with E-state index < -0.39 is 0 Å². The van der Waals surface area contributed by atoms with Gasteiger partial charge in [-0.1, -0.05) is 0 Å². The van der Waals surface area contributed by atoms with Gasteiger partial charge in [-0.25, -0.2) is 0 Å². The number of aromatic nitrogens is 2. The highest BCUT2D eigenvalue weighted by molar-refractivity contribution is 5.52. The highest BCUT2D eigenvalue weighted by Gasteiger charge is 2.45. The summed E-state index contributed by atoms with van der Waals surface area (Å²) in [5.41, 5.74) is 2.73. The smallest absolute Gasteiger partial charge is 0.318 e. The lowest BCUT2D eigenvalue weighted by Gasteiger charge is -2.36. The third-order valence-corrected chi connectivity index (χ3v) is 7.69. The van der Waals surface area contributed by atoms with E-state index in [2.05, 4.69) is 20.4 Å². The Morgan fingerprint density at radius 1 is 1.07 bits per heavy atom. The molecule has 5 aliphatic heterocycles. The van der Waals surface area contributed by atoms with Crippen molar-refractivity contribution in [2.24, 2.45) is 0 Å². The zero-order valence-electron chi connectivity index (χ0n) is 16.8. The van der Waals surface area contributed by atoms with Gasteiger partial charge in [-0.05, 0) is 64.6 Å². The largest absolute Gasteiger partial charge is 0.461 e. The molecule has 2 atom stereocenters. The van der Waals surface area contributed by atoms with Gasteiger partial charge in [0.1, 0.15) is 12.4 Å². The molecule has 0 spiro atoms. The lowest BCUT2D eigenvalue weighted by Crippen LogP contribution is -2.52. The van der Waals surface area contributed by atoms with Gasteiger partial charge in [-0.2, -0.15) is 9.97 Å². The molecule has 0 saturated carbocycles. The van der Waals surface area contributed by atoms with E-state index >= 15 is 0 Å². The van der Waals surface area contributed by atoms with Crippen molar-refractivity contribution in [2.45, 2.75) is 69.1 Å². The van der Waals surface area contributed by atoms with Crippen LogP contribution in [0.15, 0.2) is 0 Å². The summed E-state index contributed by atoms with van der Waals surface area (Å²) in [6.07, 6.45) is 8.71. The normalized spacial score (nSPS) is 31.1. The number of anilines is 1. The van der Waals surface area contributed by atoms with Crippen molar-refractivity contribution < 1.29 is 4.74 Å². The summed E-state index contributed by atoms with van der Waals surface area (Å²) in [7, 11) is 0. The van der Waals surface area contributed by atoms with Crippen LogP contribution in [-0.4, -0.2) is 71.8 Å². The van der Waals surface area contributed by atoms with Gasteiger partial charge >= 0.3 is 6.01 Å². The van der Waals surface area contributed by atoms with Gasteiger partial charge in [0, 0.05) is 37.3 Å². The fraction of sp³-hybridized carbons (Fsp3) is 0.810. The van der Waals surface area contributed by atoms with Gasteiger partial charge in [0.25, 0.3) is 0 Å². The quantitative estimate of drug-likeness (QED) is 0.805. The van der Waals surface area contributed by atoms with Gasteiger partial charge < -0.3 is 20.3 Å². The molecular weight excluding hydrogens is 352 g/mol. The summed E-state index contributed by atoms with van der Waals surface area (Å²) < 4.78 is 6.33. The summed E-state index contributed by atoms with van der Waals surface area (Å²) in [6, 6.07) is 1.82. The number of hydrogen-bond acceptors (Lipinski definition) is 7. The monoisotopic (exact) mass is 384 g/mol. The SMILES string of the molecule is C1CN2CCCC2(COc2nc3c(c(N4CC5CCC(C4)N5)n2)CCNC3)C1. The summed E-state index contributed by atoms with van der Waals surface area (Å²) in [5.74, 6) is 1.15. The number of hydrogen-bond donors (Lipinski definition) is 2. The molecular formula is C21H32N6O. The van der Waals surface area contributed by atoms with Gasteiger partial charge in [0.15, 0.2) is 0 Å². The maximum atomic E-state index is 6.33. The van der Waals surface area contributed by atoms with Crippen LogP contribution in [0, 0.1) is 0 Å². The summed E-state index contributed by atoms with van der Waals surface area (Å²) in [5, 5.41) is 7.21. The zero-order chi connectivity index (χ0) is 18.6. The Bertz CT molecular complexity index is 733. The number of piperazine rings is 1. The molecule has 0 amide bonds.